The molecular formula is C25H40N4O3. The number of hydrogen-bond acceptors (Lipinski definition) is 4. The lowest BCUT2D eigenvalue weighted by Gasteiger charge is -2.56. The number of likely N-dealkylation sites (tertiary alicyclic amines) is 1. The summed E-state index contributed by atoms with van der Waals surface area (Å²) >= 11 is 0. The van der Waals surface area contributed by atoms with Crippen LogP contribution in [0.5, 0.6) is 0 Å². The van der Waals surface area contributed by atoms with Gasteiger partial charge in [-0.15, -0.1) is 0 Å². The summed E-state index contributed by atoms with van der Waals surface area (Å²) in [5, 5.41) is 2.93. The molecule has 6 fully saturated rings. The topological polar surface area (TPSA) is 73.0 Å². The van der Waals surface area contributed by atoms with E-state index in [1.807, 2.05) is 16.7 Å². The lowest BCUT2D eigenvalue weighted by Crippen LogP contribution is -2.59. The van der Waals surface area contributed by atoms with Gasteiger partial charge in [0, 0.05) is 39.3 Å². The summed E-state index contributed by atoms with van der Waals surface area (Å²) in [5.41, 5.74) is -0.165. The maximum atomic E-state index is 13.9. The predicted octanol–water partition coefficient (Wildman–Crippen LogP) is 1.86. The van der Waals surface area contributed by atoms with E-state index in [9.17, 15) is 14.4 Å². The van der Waals surface area contributed by atoms with Crippen LogP contribution in [0.4, 0.5) is 0 Å². The predicted molar refractivity (Wildman–Crippen MR) is 122 cm³/mol. The third-order valence-electron chi connectivity index (χ3n) is 8.91. The number of carbonyl (C=O) groups excluding carboxylic acids is 3. The van der Waals surface area contributed by atoms with E-state index in [0.29, 0.717) is 32.1 Å². The fraction of sp³-hybridized carbons (Fsp3) is 0.880. The van der Waals surface area contributed by atoms with Crippen molar-refractivity contribution in [3.63, 3.8) is 0 Å². The van der Waals surface area contributed by atoms with E-state index in [0.717, 1.165) is 75.9 Å². The van der Waals surface area contributed by atoms with Crippen LogP contribution in [0.2, 0.25) is 0 Å². The zero-order chi connectivity index (χ0) is 22.3. The van der Waals surface area contributed by atoms with Gasteiger partial charge < -0.3 is 15.1 Å². The summed E-state index contributed by atoms with van der Waals surface area (Å²) in [6, 6.07) is -0.269. The highest BCUT2D eigenvalue weighted by Crippen LogP contribution is 2.60. The molecule has 6 aliphatic rings. The van der Waals surface area contributed by atoms with Gasteiger partial charge in [-0.25, -0.2) is 0 Å². The Kier molecular flexibility index (Phi) is 6.21. The monoisotopic (exact) mass is 444 g/mol. The number of nitrogens with zero attached hydrogens (tertiary/aromatic N) is 3. The highest BCUT2D eigenvalue weighted by molar-refractivity contribution is 5.91. The molecule has 4 bridgehead atoms. The maximum Gasteiger partial charge on any atom is 0.245 e. The number of rotatable bonds is 6. The Bertz CT molecular complexity index is 710. The van der Waals surface area contributed by atoms with Crippen LogP contribution in [-0.4, -0.2) is 84.3 Å². The molecule has 4 aliphatic carbocycles. The number of amides is 3. The van der Waals surface area contributed by atoms with E-state index in [2.05, 4.69) is 10.2 Å². The van der Waals surface area contributed by atoms with Gasteiger partial charge in [0.25, 0.3) is 0 Å². The second-order valence-electron chi connectivity index (χ2n) is 11.3. The van der Waals surface area contributed by atoms with Gasteiger partial charge >= 0.3 is 0 Å². The van der Waals surface area contributed by atoms with E-state index in [1.165, 1.54) is 19.3 Å². The first-order chi connectivity index (χ1) is 15.5. The smallest absolute Gasteiger partial charge is 0.245 e. The molecule has 6 rings (SSSR count). The minimum Gasteiger partial charge on any atom is -0.355 e. The Balaban J connectivity index is 1.18. The summed E-state index contributed by atoms with van der Waals surface area (Å²) < 4.78 is 0. The molecule has 1 atom stereocenters. The number of carbonyl (C=O) groups is 3. The average Bonchev–Trinajstić information content (AvgIpc) is 3.26. The van der Waals surface area contributed by atoms with Crippen LogP contribution in [-0.2, 0) is 14.4 Å². The van der Waals surface area contributed by atoms with Crippen molar-refractivity contribution in [3.8, 4) is 0 Å². The Morgan fingerprint density at radius 3 is 2.12 bits per heavy atom. The molecule has 7 heteroatoms. The van der Waals surface area contributed by atoms with Crippen LogP contribution in [0.25, 0.3) is 0 Å². The molecule has 4 saturated carbocycles. The molecule has 1 unspecified atom stereocenters. The Labute approximate surface area is 192 Å². The summed E-state index contributed by atoms with van der Waals surface area (Å²) in [6.45, 7) is 6.65. The highest BCUT2D eigenvalue weighted by atomic mass is 16.2. The Hall–Kier alpha value is -1.63. The minimum atomic E-state index is -0.269. The molecule has 178 valence electrons. The van der Waals surface area contributed by atoms with Crippen LogP contribution < -0.4 is 5.32 Å². The van der Waals surface area contributed by atoms with Crippen LogP contribution in [0.15, 0.2) is 0 Å². The van der Waals surface area contributed by atoms with Gasteiger partial charge in [-0.05, 0) is 75.5 Å². The molecule has 2 heterocycles. The largest absolute Gasteiger partial charge is 0.355 e. The maximum absolute atomic E-state index is 13.9. The second kappa shape index (κ2) is 8.96. The van der Waals surface area contributed by atoms with Crippen molar-refractivity contribution in [2.75, 3.05) is 45.8 Å². The molecule has 32 heavy (non-hydrogen) atoms. The van der Waals surface area contributed by atoms with E-state index in [-0.39, 0.29) is 23.3 Å². The first-order valence-electron chi connectivity index (χ1n) is 13.1. The van der Waals surface area contributed by atoms with Crippen molar-refractivity contribution in [2.24, 2.45) is 23.2 Å². The number of nitrogens with one attached hydrogen (secondary N) is 1. The molecule has 0 spiro atoms. The van der Waals surface area contributed by atoms with Crippen molar-refractivity contribution in [3.05, 3.63) is 0 Å². The molecule has 0 radical (unpaired) electrons. The molecule has 0 aromatic carbocycles. The van der Waals surface area contributed by atoms with Crippen molar-refractivity contribution < 1.29 is 14.4 Å². The zero-order valence-electron chi connectivity index (χ0n) is 19.7. The third kappa shape index (κ3) is 4.17. The van der Waals surface area contributed by atoms with Crippen molar-refractivity contribution in [1.82, 2.24) is 20.0 Å². The second-order valence-corrected chi connectivity index (χ2v) is 11.3. The van der Waals surface area contributed by atoms with Gasteiger partial charge in [0.15, 0.2) is 0 Å². The van der Waals surface area contributed by atoms with Crippen LogP contribution in [0.1, 0.15) is 64.7 Å². The van der Waals surface area contributed by atoms with Gasteiger partial charge in [0.05, 0.1) is 12.0 Å². The standard InChI is InChI=1S/C25H40N4O3/c1-2-5-26-22(30)17-27-7-9-28(10-8-27)23(31)21-4-3-6-29(21)24(32)25-14-18-11-19(15-25)13-20(12-18)16-25/h18-21H,2-17H2,1H3,(H,26,30). The van der Waals surface area contributed by atoms with Gasteiger partial charge in [-0.2, -0.15) is 0 Å². The molecule has 3 amide bonds. The lowest BCUT2D eigenvalue weighted by atomic mass is 9.49. The van der Waals surface area contributed by atoms with Crippen LogP contribution >= 0.6 is 0 Å². The van der Waals surface area contributed by atoms with Crippen molar-refractivity contribution in [1.29, 1.82) is 0 Å². The molecule has 2 aliphatic heterocycles. The van der Waals surface area contributed by atoms with E-state index >= 15 is 0 Å². The zero-order valence-corrected chi connectivity index (χ0v) is 19.7. The summed E-state index contributed by atoms with van der Waals surface area (Å²) in [7, 11) is 0. The summed E-state index contributed by atoms with van der Waals surface area (Å²) in [6.07, 6.45) is 9.85. The van der Waals surface area contributed by atoms with Gasteiger partial charge in [0.2, 0.25) is 17.7 Å². The normalized spacial score (nSPS) is 36.5. The molecule has 0 aromatic rings. The Morgan fingerprint density at radius 2 is 1.53 bits per heavy atom. The fourth-order valence-electron chi connectivity index (χ4n) is 7.80. The van der Waals surface area contributed by atoms with E-state index in [1.54, 1.807) is 0 Å². The third-order valence-corrected chi connectivity index (χ3v) is 8.91. The number of piperazine rings is 1. The Morgan fingerprint density at radius 1 is 0.906 bits per heavy atom. The quantitative estimate of drug-likeness (QED) is 0.679. The average molecular weight is 445 g/mol. The number of hydrogen-bond donors (Lipinski definition) is 1. The lowest BCUT2D eigenvalue weighted by molar-refractivity contribution is -0.162. The molecule has 0 aromatic heterocycles. The van der Waals surface area contributed by atoms with Gasteiger partial charge in [-0.1, -0.05) is 6.92 Å². The molecule has 7 nitrogen and oxygen atoms in total. The minimum absolute atomic E-state index is 0.0646. The first-order valence-corrected chi connectivity index (χ1v) is 13.1. The SMILES string of the molecule is CCCNC(=O)CN1CCN(C(=O)C2CCCN2C(=O)C23CC4CC(CC(C4)C2)C3)CC1. The van der Waals surface area contributed by atoms with E-state index in [4.69, 9.17) is 0 Å². The van der Waals surface area contributed by atoms with Crippen LogP contribution in [0.3, 0.4) is 0 Å². The fourth-order valence-corrected chi connectivity index (χ4v) is 7.80. The molecule has 2 saturated heterocycles. The van der Waals surface area contributed by atoms with Crippen LogP contribution in [0, 0.1) is 23.2 Å². The van der Waals surface area contributed by atoms with Crippen molar-refractivity contribution >= 4 is 17.7 Å². The molecular weight excluding hydrogens is 404 g/mol. The van der Waals surface area contributed by atoms with Gasteiger partial charge in [0.1, 0.15) is 6.04 Å². The van der Waals surface area contributed by atoms with Gasteiger partial charge in [-0.3, -0.25) is 19.3 Å². The highest BCUT2D eigenvalue weighted by Gasteiger charge is 2.57. The van der Waals surface area contributed by atoms with E-state index < -0.39 is 0 Å². The summed E-state index contributed by atoms with van der Waals surface area (Å²) in [4.78, 5) is 45.4. The molecule has 1 N–H and O–H groups in total. The first kappa shape index (κ1) is 22.2. The summed E-state index contributed by atoms with van der Waals surface area (Å²) in [5.74, 6) is 2.72. The van der Waals surface area contributed by atoms with Crippen molar-refractivity contribution in [2.45, 2.75) is 70.8 Å².